The summed E-state index contributed by atoms with van der Waals surface area (Å²) < 4.78 is 0. The average Bonchev–Trinajstić information content (AvgIpc) is 3.07. The number of carbonyl (C=O) groups excluding carboxylic acids is 5. The Kier molecular flexibility index (Phi) is 18.4. The van der Waals surface area contributed by atoms with Crippen molar-refractivity contribution >= 4 is 29.5 Å². The van der Waals surface area contributed by atoms with Gasteiger partial charge in [-0.05, 0) is 47.6 Å². The molecule has 2 rings (SSSR count). The van der Waals surface area contributed by atoms with Crippen LogP contribution in [0.25, 0.3) is 0 Å². The van der Waals surface area contributed by atoms with Crippen LogP contribution in [0, 0.1) is 23.7 Å². The highest BCUT2D eigenvalue weighted by Gasteiger charge is 2.33. The van der Waals surface area contributed by atoms with Gasteiger partial charge in [0.2, 0.25) is 29.5 Å². The lowest BCUT2D eigenvalue weighted by Crippen LogP contribution is -2.59. The summed E-state index contributed by atoms with van der Waals surface area (Å²) >= 11 is 0. The van der Waals surface area contributed by atoms with Crippen LogP contribution in [0.15, 0.2) is 60.7 Å². The van der Waals surface area contributed by atoms with Crippen molar-refractivity contribution in [3.05, 3.63) is 71.8 Å². The Morgan fingerprint density at radius 3 is 1.73 bits per heavy atom. The van der Waals surface area contributed by atoms with E-state index < -0.39 is 47.9 Å². The molecule has 282 valence electrons. The topological polar surface area (TPSA) is 172 Å². The van der Waals surface area contributed by atoms with Crippen LogP contribution < -0.4 is 32.3 Å². The summed E-state index contributed by atoms with van der Waals surface area (Å²) in [5.74, 6) is -1.94. The molecule has 7 N–H and O–H groups in total. The van der Waals surface area contributed by atoms with Crippen molar-refractivity contribution in [1.82, 2.24) is 26.6 Å². The maximum Gasteiger partial charge on any atom is 0.243 e. The van der Waals surface area contributed by atoms with E-state index in [1.165, 1.54) is 0 Å². The minimum atomic E-state index is -0.920. The number of benzene rings is 2. The third kappa shape index (κ3) is 15.7. The van der Waals surface area contributed by atoms with Crippen LogP contribution in [-0.4, -0.2) is 59.7 Å². The predicted molar refractivity (Wildman–Crippen MR) is 202 cm³/mol. The van der Waals surface area contributed by atoms with Crippen LogP contribution in [0.3, 0.4) is 0 Å². The highest BCUT2D eigenvalue weighted by molar-refractivity contribution is 5.92. The van der Waals surface area contributed by atoms with Gasteiger partial charge in [0.15, 0.2) is 0 Å². The van der Waals surface area contributed by atoms with Crippen LogP contribution in [0.1, 0.15) is 92.2 Å². The van der Waals surface area contributed by atoms with Gasteiger partial charge in [-0.15, -0.1) is 0 Å². The van der Waals surface area contributed by atoms with Crippen LogP contribution in [-0.2, 0) is 36.9 Å². The van der Waals surface area contributed by atoms with E-state index in [1.807, 2.05) is 116 Å². The van der Waals surface area contributed by atoms with Gasteiger partial charge in [0, 0.05) is 31.5 Å². The zero-order valence-corrected chi connectivity index (χ0v) is 31.8. The Labute approximate surface area is 305 Å². The highest BCUT2D eigenvalue weighted by atomic mass is 16.2. The number of amides is 5. The van der Waals surface area contributed by atoms with E-state index >= 15 is 0 Å². The molecule has 0 spiro atoms. The molecule has 2 aromatic carbocycles. The molecule has 6 atom stereocenters. The van der Waals surface area contributed by atoms with Gasteiger partial charge in [-0.3, -0.25) is 24.0 Å². The number of hydrogen-bond donors (Lipinski definition) is 6. The van der Waals surface area contributed by atoms with Crippen LogP contribution in [0.5, 0.6) is 0 Å². The molecular formula is C40H62N6O5. The van der Waals surface area contributed by atoms with E-state index in [0.717, 1.165) is 11.1 Å². The Bertz CT molecular complexity index is 1380. The molecule has 5 amide bonds. The summed E-state index contributed by atoms with van der Waals surface area (Å²) in [5, 5.41) is 14.6. The molecular weight excluding hydrogens is 644 g/mol. The lowest BCUT2D eigenvalue weighted by molar-refractivity contribution is -0.133. The van der Waals surface area contributed by atoms with Gasteiger partial charge < -0.3 is 32.3 Å². The molecule has 51 heavy (non-hydrogen) atoms. The molecule has 11 heteroatoms. The predicted octanol–water partition coefficient (Wildman–Crippen LogP) is 4.00. The molecule has 0 aromatic heterocycles. The summed E-state index contributed by atoms with van der Waals surface area (Å²) in [4.78, 5) is 66.7. The van der Waals surface area contributed by atoms with E-state index in [0.29, 0.717) is 32.2 Å². The van der Waals surface area contributed by atoms with Crippen molar-refractivity contribution in [3.63, 3.8) is 0 Å². The summed E-state index contributed by atoms with van der Waals surface area (Å²) in [6.07, 6.45) is 1.57. The van der Waals surface area contributed by atoms with Gasteiger partial charge in [0.1, 0.15) is 18.1 Å². The zero-order chi connectivity index (χ0) is 38.1. The average molecular weight is 707 g/mol. The Balaban J connectivity index is 2.21. The van der Waals surface area contributed by atoms with Gasteiger partial charge in [-0.25, -0.2) is 0 Å². The number of nitrogens with two attached hydrogens (primary N) is 1. The Morgan fingerprint density at radius 2 is 1.20 bits per heavy atom. The van der Waals surface area contributed by atoms with Crippen molar-refractivity contribution in [1.29, 1.82) is 0 Å². The third-order valence-electron chi connectivity index (χ3n) is 8.88. The summed E-state index contributed by atoms with van der Waals surface area (Å²) in [6, 6.07) is 15.1. The zero-order valence-electron chi connectivity index (χ0n) is 31.8. The number of hydrogen-bond acceptors (Lipinski definition) is 6. The largest absolute Gasteiger partial charge is 0.350 e. The second kappa shape index (κ2) is 21.9. The standard InChI is InChI=1S/C40H62N6O5/c1-9-28(8)37(39(50)42-24-30-18-14-11-15-19-30)45-35(48)23-31(41)32(22-29-16-12-10-13-17-29)44-40(51)36(27(6)7)46-38(49)33(20-25(2)3)43-34(47)21-26(4)5/h10-19,25-28,31-33,36-37H,9,20-24,41H2,1-8H3,(H,42,50)(H,43,47)(H,44,51)(H,45,48)(H,46,49)/t28-,31?,32?,33?,36?,37-/m0/s1. The normalized spacial score (nSPS) is 14.9. The maximum atomic E-state index is 13.9. The smallest absolute Gasteiger partial charge is 0.243 e. The van der Waals surface area contributed by atoms with Crippen molar-refractivity contribution in [3.8, 4) is 0 Å². The summed E-state index contributed by atoms with van der Waals surface area (Å²) in [6.45, 7) is 15.7. The first-order chi connectivity index (χ1) is 24.1. The van der Waals surface area contributed by atoms with Crippen LogP contribution >= 0.6 is 0 Å². The van der Waals surface area contributed by atoms with Crippen molar-refractivity contribution in [2.75, 3.05) is 0 Å². The van der Waals surface area contributed by atoms with E-state index in [4.69, 9.17) is 5.73 Å². The summed E-state index contributed by atoms with van der Waals surface area (Å²) in [7, 11) is 0. The van der Waals surface area contributed by atoms with E-state index in [-0.39, 0.29) is 41.9 Å². The second-order valence-corrected chi connectivity index (χ2v) is 14.9. The molecule has 2 aromatic rings. The minimum Gasteiger partial charge on any atom is -0.350 e. The first-order valence-electron chi connectivity index (χ1n) is 18.4. The molecule has 11 nitrogen and oxygen atoms in total. The van der Waals surface area contributed by atoms with Crippen molar-refractivity contribution in [2.45, 2.75) is 124 Å². The van der Waals surface area contributed by atoms with Crippen molar-refractivity contribution < 1.29 is 24.0 Å². The fourth-order valence-electron chi connectivity index (χ4n) is 5.75. The minimum absolute atomic E-state index is 0.126. The van der Waals surface area contributed by atoms with Gasteiger partial charge in [0.25, 0.3) is 0 Å². The molecule has 0 saturated heterocycles. The number of carbonyl (C=O) groups is 5. The van der Waals surface area contributed by atoms with E-state index in [2.05, 4.69) is 26.6 Å². The lowest BCUT2D eigenvalue weighted by Gasteiger charge is -2.31. The number of nitrogens with one attached hydrogen (secondary N) is 5. The van der Waals surface area contributed by atoms with E-state index in [1.54, 1.807) is 0 Å². The van der Waals surface area contributed by atoms with Crippen molar-refractivity contribution in [2.24, 2.45) is 29.4 Å². The summed E-state index contributed by atoms with van der Waals surface area (Å²) in [5.41, 5.74) is 8.53. The fourth-order valence-corrected chi connectivity index (χ4v) is 5.75. The first kappa shape index (κ1) is 42.9. The van der Waals surface area contributed by atoms with Gasteiger partial charge in [-0.1, -0.05) is 122 Å². The SMILES string of the molecule is CC[C@H](C)[C@H](NC(=O)CC(N)C(Cc1ccccc1)NC(=O)C(NC(=O)C(CC(C)C)NC(=O)CC(C)C)C(C)C)C(=O)NCc1ccccc1. The van der Waals surface area contributed by atoms with E-state index in [9.17, 15) is 24.0 Å². The Hall–Kier alpha value is -4.25. The van der Waals surface area contributed by atoms with Gasteiger partial charge >= 0.3 is 0 Å². The quantitative estimate of drug-likeness (QED) is 0.115. The fraction of sp³-hybridized carbons (Fsp3) is 0.575. The molecule has 0 aliphatic heterocycles. The molecule has 0 saturated carbocycles. The second-order valence-electron chi connectivity index (χ2n) is 14.9. The highest BCUT2D eigenvalue weighted by Crippen LogP contribution is 2.14. The first-order valence-corrected chi connectivity index (χ1v) is 18.4. The molecule has 0 heterocycles. The molecule has 0 aliphatic rings. The van der Waals surface area contributed by atoms with Gasteiger partial charge in [-0.2, -0.15) is 0 Å². The lowest BCUT2D eigenvalue weighted by atomic mass is 9.94. The Morgan fingerprint density at radius 1 is 0.627 bits per heavy atom. The van der Waals surface area contributed by atoms with Crippen LogP contribution in [0.2, 0.25) is 0 Å². The molecule has 0 fully saturated rings. The monoisotopic (exact) mass is 706 g/mol. The third-order valence-corrected chi connectivity index (χ3v) is 8.88. The molecule has 0 aliphatic carbocycles. The number of rotatable bonds is 21. The molecule has 0 bridgehead atoms. The van der Waals surface area contributed by atoms with Gasteiger partial charge in [0.05, 0.1) is 0 Å². The maximum absolute atomic E-state index is 13.9. The molecule has 4 unspecified atom stereocenters. The van der Waals surface area contributed by atoms with Crippen LogP contribution in [0.4, 0.5) is 0 Å². The molecule has 0 radical (unpaired) electrons.